The molecule has 132 valence electrons. The second kappa shape index (κ2) is 7.85. The summed E-state index contributed by atoms with van der Waals surface area (Å²) in [5, 5.41) is 3.58. The van der Waals surface area contributed by atoms with Crippen LogP contribution in [0.4, 0.5) is 0 Å². The molecule has 4 rings (SSSR count). The maximum atomic E-state index is 6.36. The summed E-state index contributed by atoms with van der Waals surface area (Å²) in [5.74, 6) is 0. The molecule has 0 unspecified atom stereocenters. The van der Waals surface area contributed by atoms with Crippen molar-refractivity contribution in [1.82, 2.24) is 9.97 Å². The van der Waals surface area contributed by atoms with Crippen molar-refractivity contribution in [2.75, 3.05) is 0 Å². The van der Waals surface area contributed by atoms with Crippen LogP contribution in [0.15, 0.2) is 102 Å². The fraction of sp³-hybridized carbons (Fsp3) is 0. The predicted octanol–water partition coefficient (Wildman–Crippen LogP) is 4.66. The number of hydrogen-bond donors (Lipinski definition) is 0. The minimum absolute atomic E-state index is 0.589. The first-order valence-corrected chi connectivity index (χ1v) is 12.1. The van der Waals surface area contributed by atoms with E-state index in [0.29, 0.717) is 4.73 Å². The highest BCUT2D eigenvalue weighted by Gasteiger charge is 2.24. The fourth-order valence-electron chi connectivity index (χ4n) is 3.05. The Labute approximate surface area is 172 Å². The molecule has 0 spiro atoms. The van der Waals surface area contributed by atoms with E-state index in [-0.39, 0.29) is 0 Å². The topological polar surface area (TPSA) is 25.8 Å². The largest absolute Gasteiger partial charge is 0.230 e. The lowest BCUT2D eigenvalue weighted by Crippen LogP contribution is -2.24. The van der Waals surface area contributed by atoms with Gasteiger partial charge in [-0.1, -0.05) is 96.7 Å². The molecular formula is C22H16BrN2PS. The van der Waals surface area contributed by atoms with Crippen LogP contribution in [0.25, 0.3) is 11.1 Å². The summed E-state index contributed by atoms with van der Waals surface area (Å²) in [5.41, 5.74) is 2.06. The van der Waals surface area contributed by atoms with Gasteiger partial charge in [0.1, 0.15) is 0 Å². The van der Waals surface area contributed by atoms with Crippen LogP contribution in [0.5, 0.6) is 0 Å². The summed E-state index contributed by atoms with van der Waals surface area (Å²) in [4.78, 5) is 8.43. The van der Waals surface area contributed by atoms with E-state index in [1.54, 1.807) is 0 Å². The van der Waals surface area contributed by atoms with Gasteiger partial charge in [-0.2, -0.15) is 0 Å². The lowest BCUT2D eigenvalue weighted by Gasteiger charge is -2.24. The Morgan fingerprint density at radius 2 is 1.04 bits per heavy atom. The predicted molar refractivity (Wildman–Crippen MR) is 121 cm³/mol. The van der Waals surface area contributed by atoms with E-state index in [9.17, 15) is 0 Å². The third-order valence-corrected chi connectivity index (χ3v) is 9.81. The molecule has 1 heterocycles. The molecule has 2 nitrogen and oxygen atoms in total. The molecule has 5 heteroatoms. The van der Waals surface area contributed by atoms with Gasteiger partial charge in [-0.15, -0.1) is 0 Å². The van der Waals surface area contributed by atoms with Crippen LogP contribution >= 0.6 is 22.0 Å². The first kappa shape index (κ1) is 18.2. The van der Waals surface area contributed by atoms with Crippen molar-refractivity contribution in [2.45, 2.75) is 0 Å². The normalized spacial score (nSPS) is 11.3. The van der Waals surface area contributed by atoms with E-state index in [1.807, 2.05) is 24.5 Å². The summed E-state index contributed by atoms with van der Waals surface area (Å²) in [6, 6.07) is 27.3. The number of halogens is 1. The fourth-order valence-corrected chi connectivity index (χ4v) is 7.00. The average Bonchev–Trinajstić information content (AvgIpc) is 2.75. The Hall–Kier alpha value is -2.13. The molecule has 3 aromatic carbocycles. The minimum atomic E-state index is -2.10. The van der Waals surface area contributed by atoms with Crippen LogP contribution in [0.1, 0.15) is 0 Å². The molecule has 0 atom stereocenters. The Bertz CT molecular complexity index is 1040. The summed E-state index contributed by atoms with van der Waals surface area (Å²) < 4.78 is 0.589. The van der Waals surface area contributed by atoms with Crippen molar-refractivity contribution in [3.05, 3.63) is 102 Å². The summed E-state index contributed by atoms with van der Waals surface area (Å²) >= 11 is 9.63. The molecule has 0 N–H and O–H groups in total. The Balaban J connectivity index is 1.82. The highest BCUT2D eigenvalue weighted by atomic mass is 79.9. The molecule has 1 aromatic heterocycles. The van der Waals surface area contributed by atoms with Gasteiger partial charge in [0.2, 0.25) is 0 Å². The third-order valence-electron chi connectivity index (χ3n) is 4.42. The van der Waals surface area contributed by atoms with Crippen molar-refractivity contribution in [2.24, 2.45) is 0 Å². The molecule has 0 fully saturated rings. The Morgan fingerprint density at radius 1 is 0.593 bits per heavy atom. The van der Waals surface area contributed by atoms with Gasteiger partial charge in [-0.25, -0.2) is 9.97 Å². The summed E-state index contributed by atoms with van der Waals surface area (Å²) in [7, 11) is 0. The van der Waals surface area contributed by atoms with Crippen LogP contribution in [0.2, 0.25) is 0 Å². The summed E-state index contributed by atoms with van der Waals surface area (Å²) in [6.07, 6.45) is 3.63. The zero-order valence-electron chi connectivity index (χ0n) is 14.4. The molecule has 0 aliphatic carbocycles. The number of nitrogens with zero attached hydrogens (tertiary/aromatic N) is 2. The molecule has 0 bridgehead atoms. The van der Waals surface area contributed by atoms with E-state index in [2.05, 4.69) is 98.7 Å². The van der Waals surface area contributed by atoms with Crippen molar-refractivity contribution in [1.29, 1.82) is 0 Å². The van der Waals surface area contributed by atoms with E-state index < -0.39 is 6.04 Å². The van der Waals surface area contributed by atoms with Crippen LogP contribution in [0.3, 0.4) is 0 Å². The van der Waals surface area contributed by atoms with Gasteiger partial charge in [-0.05, 0) is 37.4 Å². The average molecular weight is 451 g/mol. The highest BCUT2D eigenvalue weighted by Crippen LogP contribution is 2.42. The number of benzene rings is 3. The monoisotopic (exact) mass is 450 g/mol. The molecule has 0 amide bonds. The van der Waals surface area contributed by atoms with E-state index in [0.717, 1.165) is 11.1 Å². The van der Waals surface area contributed by atoms with Gasteiger partial charge < -0.3 is 0 Å². The van der Waals surface area contributed by atoms with Crippen molar-refractivity contribution >= 4 is 49.7 Å². The molecule has 0 radical (unpaired) electrons. The van der Waals surface area contributed by atoms with Crippen molar-refractivity contribution in [3.8, 4) is 11.1 Å². The van der Waals surface area contributed by atoms with Crippen LogP contribution in [0, 0.1) is 0 Å². The second-order valence-corrected chi connectivity index (χ2v) is 11.2. The van der Waals surface area contributed by atoms with Gasteiger partial charge in [-0.3, -0.25) is 0 Å². The molecule has 0 aliphatic rings. The molecule has 0 saturated heterocycles. The van der Waals surface area contributed by atoms with Crippen LogP contribution in [-0.2, 0) is 11.8 Å². The highest BCUT2D eigenvalue weighted by molar-refractivity contribution is 9.10. The molecule has 0 saturated carbocycles. The first-order chi connectivity index (χ1) is 13.2. The van der Waals surface area contributed by atoms with Gasteiger partial charge in [0.25, 0.3) is 0 Å². The SMILES string of the molecule is S=P(c1ccccc1)(c1ccccc1)c1ccc(-c2cnc(Br)nc2)cc1. The Kier molecular flexibility index (Phi) is 5.31. The Morgan fingerprint density at radius 3 is 1.52 bits per heavy atom. The van der Waals surface area contributed by atoms with E-state index >= 15 is 0 Å². The minimum Gasteiger partial charge on any atom is -0.230 e. The van der Waals surface area contributed by atoms with Gasteiger partial charge in [0.15, 0.2) is 4.73 Å². The molecule has 27 heavy (non-hydrogen) atoms. The van der Waals surface area contributed by atoms with E-state index in [1.165, 1.54) is 15.9 Å². The number of aromatic nitrogens is 2. The summed E-state index contributed by atoms with van der Waals surface area (Å²) in [6.45, 7) is 0. The van der Waals surface area contributed by atoms with E-state index in [4.69, 9.17) is 11.8 Å². The number of hydrogen-bond acceptors (Lipinski definition) is 3. The molecule has 4 aromatic rings. The van der Waals surface area contributed by atoms with Gasteiger partial charge in [0, 0.05) is 24.0 Å². The molecule has 0 aliphatic heterocycles. The smallest absolute Gasteiger partial charge is 0.196 e. The third kappa shape index (κ3) is 3.66. The van der Waals surface area contributed by atoms with Crippen LogP contribution in [-0.4, -0.2) is 9.97 Å². The maximum Gasteiger partial charge on any atom is 0.196 e. The molecular weight excluding hydrogens is 435 g/mol. The lowest BCUT2D eigenvalue weighted by molar-refractivity contribution is 1.11. The number of rotatable bonds is 4. The van der Waals surface area contributed by atoms with Crippen LogP contribution < -0.4 is 15.9 Å². The zero-order chi connectivity index (χ0) is 18.7. The van der Waals surface area contributed by atoms with Gasteiger partial charge in [0.05, 0.1) is 0 Å². The maximum absolute atomic E-state index is 6.36. The van der Waals surface area contributed by atoms with Crippen molar-refractivity contribution in [3.63, 3.8) is 0 Å². The standard InChI is InChI=1S/C22H16BrN2PS/c23-22-24-15-18(16-25-22)17-11-13-21(14-12-17)26(27,19-7-3-1-4-8-19)20-9-5-2-6-10-20/h1-16H. The zero-order valence-corrected chi connectivity index (χ0v) is 17.7. The first-order valence-electron chi connectivity index (χ1n) is 8.48. The van der Waals surface area contributed by atoms with Crippen molar-refractivity contribution < 1.29 is 0 Å². The van der Waals surface area contributed by atoms with Gasteiger partial charge >= 0.3 is 0 Å². The lowest BCUT2D eigenvalue weighted by atomic mass is 10.1. The second-order valence-electron chi connectivity index (χ2n) is 6.07. The quantitative estimate of drug-likeness (QED) is 0.334.